The highest BCUT2D eigenvalue weighted by atomic mass is 33.1. The van der Waals surface area contributed by atoms with Crippen LogP contribution in [0.15, 0.2) is 0 Å². The summed E-state index contributed by atoms with van der Waals surface area (Å²) in [5.74, 6) is 0. The third-order valence-corrected chi connectivity index (χ3v) is 1.86. The fourth-order valence-corrected chi connectivity index (χ4v) is 1.14. The Bertz CT molecular complexity index is 111. The number of hydrogen-bond donors (Lipinski definition) is 0. The van der Waals surface area contributed by atoms with E-state index in [0.717, 1.165) is 13.0 Å². The molecule has 0 bridgehead atoms. The van der Waals surface area contributed by atoms with Crippen molar-refractivity contribution in [2.75, 3.05) is 6.61 Å². The summed E-state index contributed by atoms with van der Waals surface area (Å²) in [5.41, 5.74) is 0. The van der Waals surface area contributed by atoms with E-state index in [4.69, 9.17) is 4.18 Å². The maximum absolute atomic E-state index is 5.00. The van der Waals surface area contributed by atoms with E-state index in [0.29, 0.717) is 0 Å². The Morgan fingerprint density at radius 2 is 2.00 bits per heavy atom. The number of unbranched alkanes of at least 4 members (excludes halogenated alkanes) is 2. The van der Waals surface area contributed by atoms with Gasteiger partial charge in [-0.1, -0.05) is 19.8 Å². The van der Waals surface area contributed by atoms with Gasteiger partial charge < -0.3 is 4.18 Å². The quantitative estimate of drug-likeness (QED) is 0.474. The molecule has 0 aromatic carbocycles. The highest BCUT2D eigenvalue weighted by Gasteiger charge is 1.79. The zero-order valence-electron chi connectivity index (χ0n) is 5.46. The molecule has 0 atom stereocenters. The maximum Gasteiger partial charge on any atom is 0.0233 e. The van der Waals surface area contributed by atoms with E-state index in [9.17, 15) is 0 Å². The maximum atomic E-state index is 5.00. The summed E-state index contributed by atoms with van der Waals surface area (Å²) in [7, 11) is -0.652. The molecule has 0 aromatic heterocycles. The molecule has 0 aromatic rings. The molecule has 0 spiro atoms. The van der Waals surface area contributed by atoms with Gasteiger partial charge in [0.2, 0.25) is 0 Å². The fraction of sp³-hybridized carbons (Fsp3) is 1.00. The van der Waals surface area contributed by atoms with E-state index in [2.05, 4.69) is 29.3 Å². The molecule has 0 radical (unpaired) electrons. The first kappa shape index (κ1) is 9.75. The Morgan fingerprint density at radius 3 is 2.44 bits per heavy atom. The summed E-state index contributed by atoms with van der Waals surface area (Å²) < 4.78 is 5.00. The third kappa shape index (κ3) is 8.75. The molecule has 4 heteroatoms. The van der Waals surface area contributed by atoms with Crippen LogP contribution in [0.2, 0.25) is 0 Å². The van der Waals surface area contributed by atoms with Crippen LogP contribution in [-0.2, 0) is 34.9 Å². The van der Waals surface area contributed by atoms with Crippen LogP contribution >= 0.6 is 0 Å². The van der Waals surface area contributed by atoms with Gasteiger partial charge in [-0.15, -0.1) is 0 Å². The number of rotatable bonds is 5. The van der Waals surface area contributed by atoms with E-state index in [-0.39, 0.29) is 0 Å². The van der Waals surface area contributed by atoms with Gasteiger partial charge in [-0.3, -0.25) is 0 Å². The van der Waals surface area contributed by atoms with Crippen molar-refractivity contribution in [3.8, 4) is 0 Å². The molecule has 0 aliphatic carbocycles. The summed E-state index contributed by atoms with van der Waals surface area (Å²) in [6.45, 7) is 2.89. The van der Waals surface area contributed by atoms with Gasteiger partial charge >= 0.3 is 0 Å². The molecule has 1 nitrogen and oxygen atoms in total. The lowest BCUT2D eigenvalue weighted by Crippen LogP contribution is -1.89. The fourth-order valence-electron chi connectivity index (χ4n) is 0.479. The van der Waals surface area contributed by atoms with E-state index in [1.807, 2.05) is 0 Å². The molecule has 0 unspecified atom stereocenters. The molecule has 0 heterocycles. The van der Waals surface area contributed by atoms with Crippen LogP contribution in [0.4, 0.5) is 0 Å². The van der Waals surface area contributed by atoms with Crippen molar-refractivity contribution >= 4 is 30.7 Å². The molecular weight excluding hydrogens is 172 g/mol. The lowest BCUT2D eigenvalue weighted by Gasteiger charge is -2.04. The Kier molecular flexibility index (Phi) is 7.44. The molecule has 0 amide bonds. The van der Waals surface area contributed by atoms with Gasteiger partial charge in [0, 0.05) is 6.61 Å². The van der Waals surface area contributed by atoms with Crippen molar-refractivity contribution in [1.82, 2.24) is 0 Å². The van der Waals surface area contributed by atoms with Gasteiger partial charge in [-0.2, -0.15) is 0 Å². The average molecular weight is 183 g/mol. The van der Waals surface area contributed by atoms with Gasteiger partial charge in [-0.25, -0.2) is 30.7 Å². The smallest absolute Gasteiger partial charge is 0.0233 e. The Balaban J connectivity index is 2.92. The summed E-state index contributed by atoms with van der Waals surface area (Å²) in [5, 5.41) is 0. The summed E-state index contributed by atoms with van der Waals surface area (Å²) in [4.78, 5) is 0. The van der Waals surface area contributed by atoms with Gasteiger partial charge in [0.1, 0.15) is 0 Å². The molecule has 0 saturated heterocycles. The molecule has 0 aliphatic heterocycles. The highest BCUT2D eigenvalue weighted by Crippen LogP contribution is 1.93. The van der Waals surface area contributed by atoms with Gasteiger partial charge in [0.05, 0.1) is 0 Å². The number of hydrogen-bond acceptors (Lipinski definition) is 4. The van der Waals surface area contributed by atoms with Crippen LogP contribution in [0.3, 0.4) is 0 Å². The zero-order chi connectivity index (χ0) is 7.11. The van der Waals surface area contributed by atoms with Crippen molar-refractivity contribution < 1.29 is 4.18 Å². The zero-order valence-corrected chi connectivity index (χ0v) is 7.91. The van der Waals surface area contributed by atoms with E-state index in [1.54, 1.807) is 0 Å². The monoisotopic (exact) mass is 183 g/mol. The molecule has 9 heavy (non-hydrogen) atoms. The lowest BCUT2D eigenvalue weighted by molar-refractivity contribution is 0.360. The topological polar surface area (TPSA) is 9.23 Å². The minimum absolute atomic E-state index is 0.652. The van der Waals surface area contributed by atoms with Gasteiger partial charge in [0.25, 0.3) is 0 Å². The molecule has 0 fully saturated rings. The minimum atomic E-state index is -0.652. The lowest BCUT2D eigenvalue weighted by atomic mass is 10.3. The van der Waals surface area contributed by atoms with Crippen LogP contribution in [0.5, 0.6) is 0 Å². The van der Waals surface area contributed by atoms with E-state index >= 15 is 0 Å². The van der Waals surface area contributed by atoms with Crippen molar-refractivity contribution in [2.24, 2.45) is 0 Å². The van der Waals surface area contributed by atoms with Crippen LogP contribution in [-0.4, -0.2) is 6.61 Å². The van der Waals surface area contributed by atoms with Crippen molar-refractivity contribution in [3.05, 3.63) is 0 Å². The van der Waals surface area contributed by atoms with E-state index in [1.165, 1.54) is 12.8 Å². The predicted molar refractivity (Wildman–Crippen MR) is 47.6 cm³/mol. The average Bonchev–Trinajstić information content (AvgIpc) is 1.80. The van der Waals surface area contributed by atoms with Crippen molar-refractivity contribution in [2.45, 2.75) is 26.2 Å². The summed E-state index contributed by atoms with van der Waals surface area (Å²) >= 11 is 9.30. The second-order valence-electron chi connectivity index (χ2n) is 1.73. The highest BCUT2D eigenvalue weighted by molar-refractivity contribution is 8.44. The first-order chi connectivity index (χ1) is 4.27. The second kappa shape index (κ2) is 6.86. The standard InChI is InChI=1S/C5H11OS3/c1-2-3-4-5-6-9(7)8/h2-5H2,1H3/q-1. The summed E-state index contributed by atoms with van der Waals surface area (Å²) in [6.07, 6.45) is 3.52. The van der Waals surface area contributed by atoms with Crippen LogP contribution in [0.1, 0.15) is 26.2 Å². The minimum Gasteiger partial charge on any atom is -0.467 e. The third-order valence-electron chi connectivity index (χ3n) is 0.927. The molecule has 56 valence electrons. The Labute approximate surface area is 67.8 Å². The van der Waals surface area contributed by atoms with E-state index < -0.39 is 8.29 Å². The molecule has 0 aliphatic rings. The molecule has 0 saturated carbocycles. The first-order valence-corrected chi connectivity index (χ1v) is 6.00. The molecule has 0 N–H and O–H groups in total. The molecule has 0 rings (SSSR count). The van der Waals surface area contributed by atoms with Gasteiger partial charge in [0.15, 0.2) is 0 Å². The largest absolute Gasteiger partial charge is 0.467 e. The SMILES string of the molecule is CCCCCO[S-](=S)=S. The normalized spacial score (nSPS) is 10.4. The van der Waals surface area contributed by atoms with Crippen LogP contribution in [0.25, 0.3) is 0 Å². The predicted octanol–water partition coefficient (Wildman–Crippen LogP) is 1.65. The molecular formula is C5H11OS3-. The van der Waals surface area contributed by atoms with Gasteiger partial charge in [-0.05, 0) is 6.42 Å². The Hall–Kier alpha value is 0.750. The van der Waals surface area contributed by atoms with Crippen molar-refractivity contribution in [3.63, 3.8) is 0 Å². The summed E-state index contributed by atoms with van der Waals surface area (Å²) in [6, 6.07) is 0. The Morgan fingerprint density at radius 1 is 1.33 bits per heavy atom. The van der Waals surface area contributed by atoms with Crippen molar-refractivity contribution in [1.29, 1.82) is 0 Å². The first-order valence-electron chi connectivity index (χ1n) is 3.00. The van der Waals surface area contributed by atoms with Crippen LogP contribution in [0, 0.1) is 0 Å². The van der Waals surface area contributed by atoms with Crippen LogP contribution < -0.4 is 0 Å². The second-order valence-corrected chi connectivity index (χ2v) is 4.83.